The maximum atomic E-state index is 12.2. The Balaban J connectivity index is 2.06. The van der Waals surface area contributed by atoms with Gasteiger partial charge in [-0.1, -0.05) is 12.1 Å². The Morgan fingerprint density at radius 2 is 1.81 bits per heavy atom. The third-order valence-corrected chi connectivity index (χ3v) is 3.73. The largest absolute Gasteiger partial charge is 0.493 e. The molecule has 9 heteroatoms. The van der Waals surface area contributed by atoms with Gasteiger partial charge >= 0.3 is 5.97 Å². The van der Waals surface area contributed by atoms with Crippen LogP contribution >= 0.6 is 0 Å². The van der Waals surface area contributed by atoms with Crippen molar-refractivity contribution in [2.45, 2.75) is 6.92 Å². The van der Waals surface area contributed by atoms with Gasteiger partial charge in [-0.3, -0.25) is 14.9 Å². The molecule has 0 unspecified atom stereocenters. The molecule has 0 radical (unpaired) electrons. The van der Waals surface area contributed by atoms with E-state index < -0.39 is 23.4 Å². The number of carbonyl (C=O) groups excluding carboxylic acids is 2. The van der Waals surface area contributed by atoms with Crippen molar-refractivity contribution in [1.82, 2.24) is 0 Å². The van der Waals surface area contributed by atoms with E-state index in [1.807, 2.05) is 0 Å². The first kappa shape index (κ1) is 19.7. The SMILES string of the molecule is COc1cccc(C(=O)OCC(=O)Nc2cccc([N+](=O)[O-])c2C)c1OC. The number of nitro groups is 1. The summed E-state index contributed by atoms with van der Waals surface area (Å²) in [5.41, 5.74) is 0.558. The molecule has 0 bridgehead atoms. The highest BCUT2D eigenvalue weighted by atomic mass is 16.6. The summed E-state index contributed by atoms with van der Waals surface area (Å²) in [6.07, 6.45) is 0. The zero-order valence-corrected chi connectivity index (χ0v) is 15.0. The number of anilines is 1. The maximum Gasteiger partial charge on any atom is 0.342 e. The van der Waals surface area contributed by atoms with Gasteiger partial charge in [0.2, 0.25) is 0 Å². The standard InChI is InChI=1S/C18H18N2O7/c1-11-13(7-5-8-14(11)20(23)24)19-16(21)10-27-18(22)12-6-4-9-15(25-2)17(12)26-3/h4-9H,10H2,1-3H3,(H,19,21). The molecule has 9 nitrogen and oxygen atoms in total. The second kappa shape index (κ2) is 8.65. The predicted molar refractivity (Wildman–Crippen MR) is 96.3 cm³/mol. The molecular weight excluding hydrogens is 356 g/mol. The normalized spacial score (nSPS) is 10.0. The van der Waals surface area contributed by atoms with E-state index in [-0.39, 0.29) is 22.7 Å². The lowest BCUT2D eigenvalue weighted by atomic mass is 10.1. The number of methoxy groups -OCH3 is 2. The summed E-state index contributed by atoms with van der Waals surface area (Å²) in [5.74, 6) is -0.853. The molecular formula is C18H18N2O7. The summed E-state index contributed by atoms with van der Waals surface area (Å²) in [4.78, 5) is 34.7. The molecule has 0 aliphatic rings. The van der Waals surface area contributed by atoms with Crippen LogP contribution in [0.1, 0.15) is 15.9 Å². The highest BCUT2D eigenvalue weighted by Crippen LogP contribution is 2.31. The first-order valence-electron chi connectivity index (χ1n) is 7.81. The molecule has 0 aliphatic heterocycles. The molecule has 0 spiro atoms. The van der Waals surface area contributed by atoms with Crippen LogP contribution in [0.25, 0.3) is 0 Å². The first-order valence-corrected chi connectivity index (χ1v) is 7.81. The smallest absolute Gasteiger partial charge is 0.342 e. The number of amides is 1. The van der Waals surface area contributed by atoms with Gasteiger partial charge in [0.25, 0.3) is 11.6 Å². The van der Waals surface area contributed by atoms with Crippen LogP contribution in [0, 0.1) is 17.0 Å². The third-order valence-electron chi connectivity index (χ3n) is 3.73. The molecule has 142 valence electrons. The number of carbonyl (C=O) groups is 2. The van der Waals surface area contributed by atoms with E-state index in [0.29, 0.717) is 11.3 Å². The van der Waals surface area contributed by atoms with E-state index in [2.05, 4.69) is 5.32 Å². The lowest BCUT2D eigenvalue weighted by Gasteiger charge is -2.12. The quantitative estimate of drug-likeness (QED) is 0.450. The van der Waals surface area contributed by atoms with Crippen LogP contribution in [0.15, 0.2) is 36.4 Å². The van der Waals surface area contributed by atoms with Crippen molar-refractivity contribution < 1.29 is 28.7 Å². The number of benzene rings is 2. The summed E-state index contributed by atoms with van der Waals surface area (Å²) in [6, 6.07) is 8.99. The summed E-state index contributed by atoms with van der Waals surface area (Å²) in [5, 5.41) is 13.4. The van der Waals surface area contributed by atoms with E-state index in [0.717, 1.165) is 0 Å². The van der Waals surface area contributed by atoms with Crippen molar-refractivity contribution in [2.75, 3.05) is 26.1 Å². The Labute approximate surface area is 155 Å². The Bertz CT molecular complexity index is 880. The maximum absolute atomic E-state index is 12.2. The lowest BCUT2D eigenvalue weighted by Crippen LogP contribution is -2.21. The highest BCUT2D eigenvalue weighted by Gasteiger charge is 2.19. The summed E-state index contributed by atoms with van der Waals surface area (Å²) in [7, 11) is 2.81. The van der Waals surface area contributed by atoms with E-state index in [4.69, 9.17) is 14.2 Å². The number of ether oxygens (including phenoxy) is 3. The number of rotatable bonds is 7. The minimum Gasteiger partial charge on any atom is -0.493 e. The third kappa shape index (κ3) is 4.51. The minimum atomic E-state index is -0.767. The number of hydrogen-bond acceptors (Lipinski definition) is 7. The first-order chi connectivity index (χ1) is 12.9. The fourth-order valence-corrected chi connectivity index (χ4v) is 2.40. The fourth-order valence-electron chi connectivity index (χ4n) is 2.40. The van der Waals surface area contributed by atoms with Gasteiger partial charge in [0, 0.05) is 6.07 Å². The van der Waals surface area contributed by atoms with Crippen LogP contribution in [-0.4, -0.2) is 37.6 Å². The minimum absolute atomic E-state index is 0.108. The fraction of sp³-hybridized carbons (Fsp3) is 0.222. The van der Waals surface area contributed by atoms with E-state index in [9.17, 15) is 19.7 Å². The monoisotopic (exact) mass is 374 g/mol. The highest BCUT2D eigenvalue weighted by molar-refractivity contribution is 5.97. The van der Waals surface area contributed by atoms with E-state index >= 15 is 0 Å². The van der Waals surface area contributed by atoms with E-state index in [1.54, 1.807) is 12.1 Å². The molecule has 1 amide bonds. The van der Waals surface area contributed by atoms with Crippen LogP contribution < -0.4 is 14.8 Å². The number of para-hydroxylation sites is 1. The van der Waals surface area contributed by atoms with Crippen molar-refractivity contribution >= 4 is 23.3 Å². The average molecular weight is 374 g/mol. The number of esters is 1. The van der Waals surface area contributed by atoms with Gasteiger partial charge in [0.15, 0.2) is 18.1 Å². The van der Waals surface area contributed by atoms with Gasteiger partial charge in [-0.05, 0) is 25.1 Å². The predicted octanol–water partition coefficient (Wildman–Crippen LogP) is 2.72. The van der Waals surface area contributed by atoms with Gasteiger partial charge in [-0.2, -0.15) is 0 Å². The Kier molecular flexibility index (Phi) is 6.32. The molecule has 27 heavy (non-hydrogen) atoms. The van der Waals surface area contributed by atoms with E-state index in [1.165, 1.54) is 45.4 Å². The molecule has 0 aromatic heterocycles. The molecule has 0 aliphatic carbocycles. The van der Waals surface area contributed by atoms with Crippen LogP contribution in [0.3, 0.4) is 0 Å². The van der Waals surface area contributed by atoms with Crippen LogP contribution in [0.4, 0.5) is 11.4 Å². The van der Waals surface area contributed by atoms with Crippen molar-refractivity contribution in [2.24, 2.45) is 0 Å². The zero-order valence-electron chi connectivity index (χ0n) is 15.0. The molecule has 0 saturated carbocycles. The van der Waals surface area contributed by atoms with Gasteiger partial charge in [0.1, 0.15) is 5.56 Å². The number of nitrogens with zero attached hydrogens (tertiary/aromatic N) is 1. The zero-order chi connectivity index (χ0) is 20.0. The van der Waals surface area contributed by atoms with Crippen LogP contribution in [0.2, 0.25) is 0 Å². The van der Waals surface area contributed by atoms with Gasteiger partial charge in [0.05, 0.1) is 30.4 Å². The second-order valence-electron chi connectivity index (χ2n) is 5.37. The summed E-state index contributed by atoms with van der Waals surface area (Å²) < 4.78 is 15.3. The molecule has 0 atom stereocenters. The molecule has 1 N–H and O–H groups in total. The summed E-state index contributed by atoms with van der Waals surface area (Å²) in [6.45, 7) is 0.947. The van der Waals surface area contributed by atoms with Crippen LogP contribution in [0.5, 0.6) is 11.5 Å². The van der Waals surface area contributed by atoms with Crippen molar-refractivity contribution in [3.8, 4) is 11.5 Å². The Morgan fingerprint density at radius 1 is 1.11 bits per heavy atom. The number of nitrogens with one attached hydrogen (secondary N) is 1. The van der Waals surface area contributed by atoms with Gasteiger partial charge < -0.3 is 19.5 Å². The molecule has 2 aromatic rings. The topological polar surface area (TPSA) is 117 Å². The number of hydrogen-bond donors (Lipinski definition) is 1. The number of nitro benzene ring substituents is 1. The van der Waals surface area contributed by atoms with Gasteiger partial charge in [-0.25, -0.2) is 4.79 Å². The van der Waals surface area contributed by atoms with Crippen LogP contribution in [-0.2, 0) is 9.53 Å². The van der Waals surface area contributed by atoms with Crippen molar-refractivity contribution in [3.05, 3.63) is 57.6 Å². The van der Waals surface area contributed by atoms with Crippen molar-refractivity contribution in [3.63, 3.8) is 0 Å². The van der Waals surface area contributed by atoms with Crippen molar-refractivity contribution in [1.29, 1.82) is 0 Å². The molecule has 0 fully saturated rings. The Morgan fingerprint density at radius 3 is 2.44 bits per heavy atom. The molecule has 2 rings (SSSR count). The molecule has 0 saturated heterocycles. The summed E-state index contributed by atoms with van der Waals surface area (Å²) >= 11 is 0. The van der Waals surface area contributed by atoms with Gasteiger partial charge in [-0.15, -0.1) is 0 Å². The molecule has 0 heterocycles. The Hall–Kier alpha value is -3.62. The second-order valence-corrected chi connectivity index (χ2v) is 5.37. The molecule has 2 aromatic carbocycles. The lowest BCUT2D eigenvalue weighted by molar-refractivity contribution is -0.385. The average Bonchev–Trinajstić information content (AvgIpc) is 2.66.